The first-order valence-corrected chi connectivity index (χ1v) is 7.57. The van der Waals surface area contributed by atoms with Crippen LogP contribution in [0.4, 0.5) is 0 Å². The number of halogens is 2. The molecule has 3 aromatic rings. The molecular formula is C18H11Cl2NO2. The van der Waals surface area contributed by atoms with Gasteiger partial charge >= 0.3 is 5.97 Å². The molecule has 1 N–H and O–H groups in total. The molecule has 0 bridgehead atoms. The fourth-order valence-electron chi connectivity index (χ4n) is 2.28. The highest BCUT2D eigenvalue weighted by atomic mass is 35.5. The minimum atomic E-state index is -0.987. The Bertz CT molecular complexity index is 935. The van der Waals surface area contributed by atoms with E-state index in [2.05, 4.69) is 4.98 Å². The summed E-state index contributed by atoms with van der Waals surface area (Å²) in [6.45, 7) is 0. The maximum Gasteiger partial charge on any atom is 0.336 e. The molecule has 0 saturated heterocycles. The monoisotopic (exact) mass is 343 g/mol. The standard InChI is InChI=1S/C18H11Cl2NO2/c19-15-6-3-4-11(17(15)20)8-9-12-10-14(18(22)23)13-5-1-2-7-16(13)21-12/h1-10H,(H,22,23)/b9-8+. The largest absolute Gasteiger partial charge is 0.478 e. The van der Waals surface area contributed by atoms with E-state index in [1.54, 1.807) is 48.6 Å². The summed E-state index contributed by atoms with van der Waals surface area (Å²) in [5.41, 5.74) is 2.12. The van der Waals surface area contributed by atoms with Gasteiger partial charge in [-0.3, -0.25) is 0 Å². The van der Waals surface area contributed by atoms with E-state index in [9.17, 15) is 9.90 Å². The highest BCUT2D eigenvalue weighted by molar-refractivity contribution is 6.42. The van der Waals surface area contributed by atoms with Crippen LogP contribution in [0, 0.1) is 0 Å². The Morgan fingerprint density at radius 2 is 1.83 bits per heavy atom. The molecule has 0 aliphatic carbocycles. The topological polar surface area (TPSA) is 50.2 Å². The molecule has 5 heteroatoms. The average Bonchev–Trinajstić information content (AvgIpc) is 2.55. The average molecular weight is 344 g/mol. The normalized spacial score (nSPS) is 11.2. The molecule has 0 radical (unpaired) electrons. The number of carboxylic acid groups (broad SMARTS) is 1. The van der Waals surface area contributed by atoms with Crippen molar-refractivity contribution >= 4 is 52.2 Å². The third-order valence-electron chi connectivity index (χ3n) is 3.38. The van der Waals surface area contributed by atoms with Crippen LogP contribution in [0.1, 0.15) is 21.6 Å². The van der Waals surface area contributed by atoms with Crippen molar-refractivity contribution in [3.05, 3.63) is 75.4 Å². The van der Waals surface area contributed by atoms with Crippen molar-refractivity contribution in [3.8, 4) is 0 Å². The number of rotatable bonds is 3. The molecule has 3 nitrogen and oxygen atoms in total. The molecule has 0 amide bonds. The van der Waals surface area contributed by atoms with E-state index < -0.39 is 5.97 Å². The van der Waals surface area contributed by atoms with Crippen molar-refractivity contribution in [2.75, 3.05) is 0 Å². The zero-order valence-corrected chi connectivity index (χ0v) is 13.3. The summed E-state index contributed by atoms with van der Waals surface area (Å²) in [4.78, 5) is 15.9. The third-order valence-corrected chi connectivity index (χ3v) is 4.22. The summed E-state index contributed by atoms with van der Waals surface area (Å²) >= 11 is 12.1. The summed E-state index contributed by atoms with van der Waals surface area (Å²) in [5.74, 6) is -0.987. The lowest BCUT2D eigenvalue weighted by molar-refractivity contribution is 0.0699. The molecule has 1 heterocycles. The lowest BCUT2D eigenvalue weighted by atomic mass is 10.1. The molecule has 0 fully saturated rings. The minimum absolute atomic E-state index is 0.215. The van der Waals surface area contributed by atoms with Crippen molar-refractivity contribution in [3.63, 3.8) is 0 Å². The van der Waals surface area contributed by atoms with E-state index in [0.717, 1.165) is 5.56 Å². The van der Waals surface area contributed by atoms with Gasteiger partial charge in [0, 0.05) is 5.39 Å². The number of carbonyl (C=O) groups is 1. The summed E-state index contributed by atoms with van der Waals surface area (Å²) in [6, 6.07) is 14.0. The van der Waals surface area contributed by atoms with Gasteiger partial charge < -0.3 is 5.11 Å². The van der Waals surface area contributed by atoms with Crippen LogP contribution >= 0.6 is 23.2 Å². The lowest BCUT2D eigenvalue weighted by Crippen LogP contribution is -2.00. The Labute approximate surface area is 142 Å². The smallest absolute Gasteiger partial charge is 0.336 e. The van der Waals surface area contributed by atoms with Crippen molar-refractivity contribution < 1.29 is 9.90 Å². The van der Waals surface area contributed by atoms with Crippen LogP contribution in [0.3, 0.4) is 0 Å². The van der Waals surface area contributed by atoms with E-state index in [1.807, 2.05) is 12.1 Å². The second kappa shape index (κ2) is 6.41. The number of aromatic nitrogens is 1. The number of benzene rings is 2. The molecule has 0 aliphatic heterocycles. The van der Waals surface area contributed by atoms with Crippen LogP contribution in [0.15, 0.2) is 48.5 Å². The quantitative estimate of drug-likeness (QED) is 0.691. The summed E-state index contributed by atoms with van der Waals surface area (Å²) < 4.78 is 0. The Balaban J connectivity index is 2.08. The van der Waals surface area contributed by atoms with E-state index in [4.69, 9.17) is 23.2 Å². The van der Waals surface area contributed by atoms with E-state index in [1.165, 1.54) is 0 Å². The van der Waals surface area contributed by atoms with Crippen LogP contribution in [0.25, 0.3) is 23.1 Å². The number of nitrogens with zero attached hydrogens (tertiary/aromatic N) is 1. The van der Waals surface area contributed by atoms with Crippen LogP contribution < -0.4 is 0 Å². The molecule has 0 aliphatic rings. The molecule has 0 saturated carbocycles. The van der Waals surface area contributed by atoms with Gasteiger partial charge in [-0.15, -0.1) is 0 Å². The van der Waals surface area contributed by atoms with Crippen molar-refractivity contribution in [2.24, 2.45) is 0 Å². The van der Waals surface area contributed by atoms with E-state index >= 15 is 0 Å². The van der Waals surface area contributed by atoms with Crippen LogP contribution in [0.5, 0.6) is 0 Å². The van der Waals surface area contributed by atoms with Crippen molar-refractivity contribution in [1.82, 2.24) is 4.98 Å². The SMILES string of the molecule is O=C(O)c1cc(/C=C/c2cccc(Cl)c2Cl)nc2ccccc12. The maximum absolute atomic E-state index is 11.4. The Morgan fingerprint density at radius 1 is 1.04 bits per heavy atom. The van der Waals surface area contributed by atoms with Gasteiger partial charge in [0.05, 0.1) is 26.8 Å². The van der Waals surface area contributed by atoms with Gasteiger partial charge in [-0.25, -0.2) is 9.78 Å². The van der Waals surface area contributed by atoms with Gasteiger partial charge in [-0.05, 0) is 29.8 Å². The van der Waals surface area contributed by atoms with Crippen LogP contribution in [-0.2, 0) is 0 Å². The Hall–Kier alpha value is -2.36. The number of carboxylic acids is 1. The first-order valence-electron chi connectivity index (χ1n) is 6.81. The molecule has 114 valence electrons. The van der Waals surface area contributed by atoms with E-state index in [-0.39, 0.29) is 5.56 Å². The van der Waals surface area contributed by atoms with Gasteiger partial charge in [0.15, 0.2) is 0 Å². The maximum atomic E-state index is 11.4. The van der Waals surface area contributed by atoms with Gasteiger partial charge in [0.2, 0.25) is 0 Å². The molecule has 3 rings (SSSR count). The summed E-state index contributed by atoms with van der Waals surface area (Å²) in [6.07, 6.45) is 3.48. The van der Waals surface area contributed by atoms with Gasteiger partial charge in [0.1, 0.15) is 0 Å². The zero-order valence-electron chi connectivity index (χ0n) is 11.8. The predicted molar refractivity (Wildman–Crippen MR) is 94.1 cm³/mol. The minimum Gasteiger partial charge on any atom is -0.478 e. The fraction of sp³-hybridized carbons (Fsp3) is 0. The fourth-order valence-corrected chi connectivity index (χ4v) is 2.65. The molecule has 0 unspecified atom stereocenters. The highest BCUT2D eigenvalue weighted by Crippen LogP contribution is 2.27. The second-order valence-corrected chi connectivity index (χ2v) is 5.68. The first-order chi connectivity index (χ1) is 11.1. The van der Waals surface area contributed by atoms with Gasteiger partial charge in [0.25, 0.3) is 0 Å². The first kappa shape index (κ1) is 15.5. The third kappa shape index (κ3) is 3.21. The van der Waals surface area contributed by atoms with Gasteiger partial charge in [-0.1, -0.05) is 59.6 Å². The molecule has 1 aromatic heterocycles. The Kier molecular flexibility index (Phi) is 4.33. The van der Waals surface area contributed by atoms with Crippen LogP contribution in [0.2, 0.25) is 10.0 Å². The molecular weight excluding hydrogens is 333 g/mol. The van der Waals surface area contributed by atoms with Crippen LogP contribution in [-0.4, -0.2) is 16.1 Å². The van der Waals surface area contributed by atoms with Gasteiger partial charge in [-0.2, -0.15) is 0 Å². The van der Waals surface area contributed by atoms with Crippen molar-refractivity contribution in [1.29, 1.82) is 0 Å². The lowest BCUT2D eigenvalue weighted by Gasteiger charge is -2.04. The Morgan fingerprint density at radius 3 is 2.61 bits per heavy atom. The number of hydrogen-bond acceptors (Lipinski definition) is 2. The molecule has 23 heavy (non-hydrogen) atoms. The number of fused-ring (bicyclic) bond motifs is 1. The zero-order chi connectivity index (χ0) is 16.4. The second-order valence-electron chi connectivity index (χ2n) is 4.89. The van der Waals surface area contributed by atoms with Crippen molar-refractivity contribution in [2.45, 2.75) is 0 Å². The number of para-hydroxylation sites is 1. The molecule has 0 atom stereocenters. The summed E-state index contributed by atoms with van der Waals surface area (Å²) in [7, 11) is 0. The highest BCUT2D eigenvalue weighted by Gasteiger charge is 2.10. The predicted octanol–water partition coefficient (Wildman–Crippen LogP) is 5.41. The molecule has 2 aromatic carbocycles. The number of aromatic carboxylic acids is 1. The number of hydrogen-bond donors (Lipinski definition) is 1. The molecule has 0 spiro atoms. The number of pyridine rings is 1. The summed E-state index contributed by atoms with van der Waals surface area (Å²) in [5, 5.41) is 10.9. The van der Waals surface area contributed by atoms with E-state index in [0.29, 0.717) is 26.6 Å².